The summed E-state index contributed by atoms with van der Waals surface area (Å²) in [6.45, 7) is 0. The van der Waals surface area contributed by atoms with Gasteiger partial charge < -0.3 is 5.11 Å². The Morgan fingerprint density at radius 1 is 0.935 bits per heavy atom. The smallest absolute Gasteiger partial charge is 0.354 e. The van der Waals surface area contributed by atoms with Gasteiger partial charge in [-0.25, -0.2) is 18.6 Å². The molecule has 0 fully saturated rings. The Bertz CT molecular complexity index is 1230. The summed E-state index contributed by atoms with van der Waals surface area (Å²) < 4.78 is 27.3. The van der Waals surface area contributed by atoms with E-state index in [1.54, 1.807) is 53.7 Å². The molecule has 1 N–H and O–H groups in total. The van der Waals surface area contributed by atoms with E-state index in [9.17, 15) is 18.7 Å². The van der Waals surface area contributed by atoms with Gasteiger partial charge >= 0.3 is 5.97 Å². The fraction of sp³-hybridized carbons (Fsp3) is 0. The van der Waals surface area contributed by atoms with E-state index in [-0.39, 0.29) is 43.8 Å². The Kier molecular flexibility index (Phi) is 6.77. The molecule has 0 unspecified atom stereocenters. The van der Waals surface area contributed by atoms with Crippen molar-refractivity contribution in [3.63, 3.8) is 0 Å². The van der Waals surface area contributed by atoms with Gasteiger partial charge in [-0.1, -0.05) is 29.8 Å². The molecule has 7 nitrogen and oxygen atoms in total. The molecule has 158 valence electrons. The van der Waals surface area contributed by atoms with E-state index in [2.05, 4.69) is 26.0 Å². The third-order valence-electron chi connectivity index (χ3n) is 4.07. The zero-order chi connectivity index (χ0) is 21.1. The monoisotopic (exact) mass is 599 g/mol. The molecule has 0 bridgehead atoms. The van der Waals surface area contributed by atoms with Crippen LogP contribution in [0.25, 0.3) is 11.3 Å². The molecule has 0 aliphatic rings. The van der Waals surface area contributed by atoms with Crippen molar-refractivity contribution in [1.82, 2.24) is 19.9 Å². The molecule has 0 aliphatic carbocycles. The van der Waals surface area contributed by atoms with Crippen LogP contribution in [-0.4, -0.2) is 31.0 Å². The molecule has 0 spiro atoms. The average Bonchev–Trinajstić information content (AvgIpc) is 2.75. The molecule has 10 heteroatoms. The van der Waals surface area contributed by atoms with Crippen LogP contribution < -0.4 is 4.90 Å². The van der Waals surface area contributed by atoms with E-state index in [0.29, 0.717) is 11.5 Å². The number of aromatic nitrogens is 4. The predicted molar refractivity (Wildman–Crippen MR) is 103 cm³/mol. The van der Waals surface area contributed by atoms with Gasteiger partial charge in [-0.3, -0.25) is 19.9 Å². The van der Waals surface area contributed by atoms with Crippen LogP contribution in [0.4, 0.5) is 26.1 Å². The summed E-state index contributed by atoms with van der Waals surface area (Å²) in [4.78, 5) is 28.7. The first-order chi connectivity index (χ1) is 14.5. The summed E-state index contributed by atoms with van der Waals surface area (Å²) in [5.41, 5.74) is 0.530. The van der Waals surface area contributed by atoms with Crippen molar-refractivity contribution in [2.75, 3.05) is 4.90 Å². The van der Waals surface area contributed by atoms with Crippen LogP contribution >= 0.6 is 0 Å². The van der Waals surface area contributed by atoms with E-state index in [0.717, 1.165) is 6.07 Å². The number of aromatic carboxylic acids is 1. The van der Waals surface area contributed by atoms with Gasteiger partial charge in [-0.15, -0.1) is 6.07 Å². The molecule has 0 saturated carbocycles. The van der Waals surface area contributed by atoms with Crippen molar-refractivity contribution in [2.24, 2.45) is 0 Å². The molecule has 31 heavy (non-hydrogen) atoms. The van der Waals surface area contributed by atoms with Crippen molar-refractivity contribution in [3.05, 3.63) is 90.6 Å². The van der Waals surface area contributed by atoms with Gasteiger partial charge in [-0.2, -0.15) is 0 Å². The number of hydrogen-bond acceptors (Lipinski definition) is 6. The second-order valence-electron chi connectivity index (χ2n) is 6.00. The third kappa shape index (κ3) is 4.78. The second kappa shape index (κ2) is 9.49. The number of carbonyl (C=O) groups is 1. The average molecular weight is 599 g/mol. The normalized spacial score (nSPS) is 10.3. The molecule has 0 amide bonds. The fourth-order valence-corrected chi connectivity index (χ4v) is 2.78. The molecule has 4 aromatic rings. The first-order valence-electron chi connectivity index (χ1n) is 8.64. The van der Waals surface area contributed by atoms with Crippen LogP contribution in [0.1, 0.15) is 10.5 Å². The Balaban J connectivity index is 0.00000272. The first kappa shape index (κ1) is 22.1. The number of carboxylic acids is 1. The quantitative estimate of drug-likeness (QED) is 0.272. The van der Waals surface area contributed by atoms with Gasteiger partial charge in [-0.05, 0) is 36.0 Å². The molecule has 4 aromatic heterocycles. The number of carboxylic acid groups (broad SMARTS) is 1. The maximum atomic E-state index is 14.1. The molecule has 0 saturated heterocycles. The van der Waals surface area contributed by atoms with Crippen LogP contribution in [0.3, 0.4) is 0 Å². The summed E-state index contributed by atoms with van der Waals surface area (Å²) in [6, 6.07) is 16.1. The fourth-order valence-electron chi connectivity index (χ4n) is 2.78. The van der Waals surface area contributed by atoms with Crippen LogP contribution in [-0.2, 0) is 21.1 Å². The van der Waals surface area contributed by atoms with E-state index in [1.807, 2.05) is 0 Å². The molecule has 4 rings (SSSR count). The number of rotatable bonds is 5. The van der Waals surface area contributed by atoms with Crippen LogP contribution in [0.5, 0.6) is 0 Å². The number of nitrogens with zero attached hydrogens (tertiary/aromatic N) is 5. The van der Waals surface area contributed by atoms with Crippen LogP contribution in [0, 0.1) is 18.0 Å². The molecule has 0 aliphatic heterocycles. The predicted octanol–water partition coefficient (Wildman–Crippen LogP) is 4.18. The largest absolute Gasteiger partial charge is 0.477 e. The number of anilines is 3. The minimum atomic E-state index is -1.18. The standard InChI is InChI=1S/C21H12F2N5O2.Pt/c22-17-8-7-14(20(23)27-17)15-3-1-5-18(25-15)28(13-9-11-24-12-10-13)19-6-2-4-16(26-19)21(29)30;/h1-6,8-12H,(H,29,30);/q-1;. The molecule has 4 heterocycles. The number of halogens is 2. The maximum Gasteiger partial charge on any atom is 0.354 e. The van der Waals surface area contributed by atoms with Gasteiger partial charge in [0.15, 0.2) is 5.69 Å². The zero-order valence-corrected chi connectivity index (χ0v) is 17.8. The summed E-state index contributed by atoms with van der Waals surface area (Å²) in [5.74, 6) is -2.60. The third-order valence-corrected chi connectivity index (χ3v) is 4.07. The van der Waals surface area contributed by atoms with Crippen molar-refractivity contribution in [2.45, 2.75) is 0 Å². The molecule has 0 atom stereocenters. The van der Waals surface area contributed by atoms with Crippen molar-refractivity contribution in [1.29, 1.82) is 0 Å². The summed E-state index contributed by atoms with van der Waals surface area (Å²) in [6.07, 6.45) is 3.12. The van der Waals surface area contributed by atoms with Crippen LogP contribution in [0.15, 0.2) is 67.0 Å². The van der Waals surface area contributed by atoms with Gasteiger partial charge in [0, 0.05) is 33.5 Å². The van der Waals surface area contributed by atoms with Gasteiger partial charge in [0.2, 0.25) is 0 Å². The minimum Gasteiger partial charge on any atom is -0.477 e. The van der Waals surface area contributed by atoms with Gasteiger partial charge in [0.1, 0.15) is 23.5 Å². The van der Waals surface area contributed by atoms with Crippen molar-refractivity contribution < 1.29 is 39.7 Å². The second-order valence-corrected chi connectivity index (χ2v) is 6.00. The Morgan fingerprint density at radius 2 is 1.61 bits per heavy atom. The van der Waals surface area contributed by atoms with Gasteiger partial charge in [0.25, 0.3) is 0 Å². The Morgan fingerprint density at radius 3 is 2.29 bits per heavy atom. The van der Waals surface area contributed by atoms with E-state index >= 15 is 0 Å². The van der Waals surface area contributed by atoms with Crippen molar-refractivity contribution in [3.8, 4) is 11.3 Å². The van der Waals surface area contributed by atoms with Crippen molar-refractivity contribution >= 4 is 23.3 Å². The van der Waals surface area contributed by atoms with Crippen LogP contribution in [0.2, 0.25) is 0 Å². The minimum absolute atomic E-state index is 0. The molecular formula is C21H12F2N5O2Pt-. The molecule has 0 aromatic carbocycles. The van der Waals surface area contributed by atoms with Gasteiger partial charge in [0.05, 0.1) is 5.69 Å². The molecular weight excluding hydrogens is 587 g/mol. The maximum absolute atomic E-state index is 14.1. The SMILES string of the molecule is O=C(O)c1cccc(N(c2ccncc2)c2cccc(-c3[c-]cc(F)nc3F)n2)n1.[Pt]. The zero-order valence-electron chi connectivity index (χ0n) is 15.5. The Hall–Kier alpha value is -3.58. The number of pyridine rings is 4. The molecule has 0 radical (unpaired) electrons. The van der Waals surface area contributed by atoms with E-state index in [4.69, 9.17) is 0 Å². The van der Waals surface area contributed by atoms with E-state index in [1.165, 1.54) is 12.1 Å². The summed E-state index contributed by atoms with van der Waals surface area (Å²) >= 11 is 0. The summed E-state index contributed by atoms with van der Waals surface area (Å²) in [7, 11) is 0. The summed E-state index contributed by atoms with van der Waals surface area (Å²) in [5, 5.41) is 9.29. The number of hydrogen-bond donors (Lipinski definition) is 1. The topological polar surface area (TPSA) is 92.1 Å². The Labute approximate surface area is 189 Å². The first-order valence-corrected chi connectivity index (χ1v) is 8.64. The van der Waals surface area contributed by atoms with E-state index < -0.39 is 17.9 Å².